The Hall–Kier alpha value is -2.13. The molecule has 8 nitrogen and oxygen atoms in total. The molecular weight excluding hydrogens is 370 g/mol. The number of carbonyl (C=O) groups is 2. The van der Waals surface area contributed by atoms with Gasteiger partial charge in [-0.15, -0.1) is 0 Å². The van der Waals surface area contributed by atoms with E-state index in [1.165, 1.54) is 46.3 Å². The number of ether oxygens (including phenoxy) is 1. The van der Waals surface area contributed by atoms with Crippen LogP contribution in [0.4, 0.5) is 5.69 Å². The monoisotopic (exact) mass is 397 g/mol. The van der Waals surface area contributed by atoms with E-state index in [1.807, 2.05) is 0 Å². The van der Waals surface area contributed by atoms with Crippen LogP contribution in [-0.4, -0.2) is 51.8 Å². The highest BCUT2D eigenvalue weighted by Gasteiger charge is 2.32. The Bertz CT molecular complexity index is 801. The minimum Gasteiger partial charge on any atom is -0.495 e. The van der Waals surface area contributed by atoms with Crippen LogP contribution >= 0.6 is 0 Å². The van der Waals surface area contributed by atoms with Crippen LogP contribution in [0.5, 0.6) is 5.75 Å². The van der Waals surface area contributed by atoms with Gasteiger partial charge in [-0.2, -0.15) is 0 Å². The predicted octanol–water partition coefficient (Wildman–Crippen LogP) is 1.58. The molecule has 0 unspecified atom stereocenters. The van der Waals surface area contributed by atoms with Gasteiger partial charge >= 0.3 is 0 Å². The number of rotatable bonds is 7. The summed E-state index contributed by atoms with van der Waals surface area (Å²) in [6, 6.07) is 3.62. The van der Waals surface area contributed by atoms with Crippen LogP contribution in [-0.2, 0) is 19.6 Å². The average molecular weight is 397 g/mol. The SMILES string of the molecule is COc1ccc(S(=O)(=O)N(C)C)cc1NC(=O)[C@H](NC(C)=O)C1CCCC1. The van der Waals surface area contributed by atoms with Crippen molar-refractivity contribution >= 4 is 27.5 Å². The van der Waals surface area contributed by atoms with E-state index in [2.05, 4.69) is 10.6 Å². The second-order valence-corrected chi connectivity index (χ2v) is 9.01. The van der Waals surface area contributed by atoms with Crippen molar-refractivity contribution in [3.8, 4) is 5.75 Å². The van der Waals surface area contributed by atoms with Crippen molar-refractivity contribution < 1.29 is 22.7 Å². The smallest absolute Gasteiger partial charge is 0.247 e. The average Bonchev–Trinajstić information content (AvgIpc) is 3.13. The van der Waals surface area contributed by atoms with E-state index in [0.29, 0.717) is 5.75 Å². The van der Waals surface area contributed by atoms with Crippen molar-refractivity contribution in [2.24, 2.45) is 5.92 Å². The molecule has 2 rings (SSSR count). The topological polar surface area (TPSA) is 105 Å². The predicted molar refractivity (Wildman–Crippen MR) is 102 cm³/mol. The zero-order chi connectivity index (χ0) is 20.2. The highest BCUT2D eigenvalue weighted by atomic mass is 32.2. The number of nitrogens with one attached hydrogen (secondary N) is 2. The van der Waals surface area contributed by atoms with Gasteiger partial charge in [0.2, 0.25) is 21.8 Å². The van der Waals surface area contributed by atoms with Gasteiger partial charge in [-0.05, 0) is 37.0 Å². The molecule has 0 heterocycles. The fraction of sp³-hybridized carbons (Fsp3) is 0.556. The first-order chi connectivity index (χ1) is 12.7. The third kappa shape index (κ3) is 4.98. The van der Waals surface area contributed by atoms with Gasteiger partial charge < -0.3 is 15.4 Å². The number of hydrogen-bond acceptors (Lipinski definition) is 5. The third-order valence-electron chi connectivity index (χ3n) is 4.72. The fourth-order valence-electron chi connectivity index (χ4n) is 3.27. The van der Waals surface area contributed by atoms with E-state index in [-0.39, 0.29) is 28.3 Å². The van der Waals surface area contributed by atoms with Crippen LogP contribution < -0.4 is 15.4 Å². The Kier molecular flexibility index (Phi) is 6.83. The van der Waals surface area contributed by atoms with Gasteiger partial charge in [-0.25, -0.2) is 12.7 Å². The molecule has 0 bridgehead atoms. The molecule has 0 radical (unpaired) electrons. The number of benzene rings is 1. The molecule has 0 aromatic heterocycles. The maximum Gasteiger partial charge on any atom is 0.247 e. The first-order valence-corrected chi connectivity index (χ1v) is 10.3. The molecule has 9 heteroatoms. The third-order valence-corrected chi connectivity index (χ3v) is 6.53. The highest BCUT2D eigenvalue weighted by Crippen LogP contribution is 2.31. The number of sulfonamides is 1. The van der Waals surface area contributed by atoms with Gasteiger partial charge in [0.05, 0.1) is 17.7 Å². The second kappa shape index (κ2) is 8.71. The quantitative estimate of drug-likeness (QED) is 0.727. The van der Waals surface area contributed by atoms with E-state index in [0.717, 1.165) is 30.0 Å². The summed E-state index contributed by atoms with van der Waals surface area (Å²) >= 11 is 0. The lowest BCUT2D eigenvalue weighted by Gasteiger charge is -2.24. The molecule has 150 valence electrons. The van der Waals surface area contributed by atoms with Crippen LogP contribution in [0.2, 0.25) is 0 Å². The number of anilines is 1. The Labute approximate surface area is 160 Å². The molecule has 1 aromatic carbocycles. The Morgan fingerprint density at radius 3 is 2.37 bits per heavy atom. The summed E-state index contributed by atoms with van der Waals surface area (Å²) in [6.07, 6.45) is 3.77. The molecule has 1 aliphatic carbocycles. The van der Waals surface area contributed by atoms with E-state index >= 15 is 0 Å². The maximum atomic E-state index is 12.9. The van der Waals surface area contributed by atoms with Crippen LogP contribution in [0, 0.1) is 5.92 Å². The van der Waals surface area contributed by atoms with Gasteiger partial charge in [0.15, 0.2) is 0 Å². The summed E-state index contributed by atoms with van der Waals surface area (Å²) in [5.74, 6) is -0.254. The number of nitrogens with zero attached hydrogens (tertiary/aromatic N) is 1. The van der Waals surface area contributed by atoms with Crippen molar-refractivity contribution in [2.45, 2.75) is 43.5 Å². The largest absolute Gasteiger partial charge is 0.495 e. The molecule has 27 heavy (non-hydrogen) atoms. The first-order valence-electron chi connectivity index (χ1n) is 8.85. The van der Waals surface area contributed by atoms with Gasteiger partial charge in [-0.3, -0.25) is 9.59 Å². The first kappa shape index (κ1) is 21.2. The Morgan fingerprint density at radius 1 is 1.22 bits per heavy atom. The van der Waals surface area contributed by atoms with E-state index in [9.17, 15) is 18.0 Å². The fourth-order valence-corrected chi connectivity index (χ4v) is 4.20. The molecule has 1 aromatic rings. The molecular formula is C18H27N3O5S. The van der Waals surface area contributed by atoms with Crippen molar-refractivity contribution in [3.05, 3.63) is 18.2 Å². The summed E-state index contributed by atoms with van der Waals surface area (Å²) in [5.41, 5.74) is 0.249. The van der Waals surface area contributed by atoms with Crippen molar-refractivity contribution in [1.82, 2.24) is 9.62 Å². The molecule has 2 N–H and O–H groups in total. The number of methoxy groups -OCH3 is 1. The summed E-state index contributed by atoms with van der Waals surface area (Å²) in [6.45, 7) is 1.38. The molecule has 0 saturated heterocycles. The zero-order valence-electron chi connectivity index (χ0n) is 16.1. The summed E-state index contributed by atoms with van der Waals surface area (Å²) < 4.78 is 31.1. The lowest BCUT2D eigenvalue weighted by molar-refractivity contribution is -0.126. The second-order valence-electron chi connectivity index (χ2n) is 6.86. The highest BCUT2D eigenvalue weighted by molar-refractivity contribution is 7.89. The van der Waals surface area contributed by atoms with Crippen LogP contribution in [0.25, 0.3) is 0 Å². The summed E-state index contributed by atoms with van der Waals surface area (Å²) in [7, 11) is 0.650. The molecule has 1 aliphatic rings. The molecule has 1 saturated carbocycles. The van der Waals surface area contributed by atoms with Crippen molar-refractivity contribution in [1.29, 1.82) is 0 Å². The van der Waals surface area contributed by atoms with Crippen LogP contribution in [0.3, 0.4) is 0 Å². The molecule has 0 aliphatic heterocycles. The van der Waals surface area contributed by atoms with E-state index < -0.39 is 16.1 Å². The van der Waals surface area contributed by atoms with Gasteiger partial charge in [0, 0.05) is 21.0 Å². The normalized spacial score (nSPS) is 16.2. The molecule has 1 fully saturated rings. The lowest BCUT2D eigenvalue weighted by Crippen LogP contribution is -2.47. The summed E-state index contributed by atoms with van der Waals surface area (Å²) in [4.78, 5) is 24.4. The van der Waals surface area contributed by atoms with E-state index in [1.54, 1.807) is 0 Å². The van der Waals surface area contributed by atoms with Gasteiger partial charge in [0.1, 0.15) is 11.8 Å². The number of carbonyl (C=O) groups excluding carboxylic acids is 2. The molecule has 2 amide bonds. The maximum absolute atomic E-state index is 12.9. The number of amides is 2. The standard InChI is InChI=1S/C18H27N3O5S/c1-12(22)19-17(13-7-5-6-8-13)18(23)20-15-11-14(9-10-16(15)26-4)27(24,25)21(2)3/h9-11,13,17H,5-8H2,1-4H3,(H,19,22)(H,20,23)/t17-/m1/s1. The molecule has 1 atom stereocenters. The van der Waals surface area contributed by atoms with Crippen molar-refractivity contribution in [2.75, 3.05) is 26.5 Å². The zero-order valence-corrected chi connectivity index (χ0v) is 16.9. The van der Waals surface area contributed by atoms with E-state index in [4.69, 9.17) is 4.74 Å². The van der Waals surface area contributed by atoms with Crippen LogP contribution in [0.1, 0.15) is 32.6 Å². The van der Waals surface area contributed by atoms with Crippen LogP contribution in [0.15, 0.2) is 23.1 Å². The Balaban J connectivity index is 2.32. The minimum atomic E-state index is -3.66. The van der Waals surface area contributed by atoms with Crippen molar-refractivity contribution in [3.63, 3.8) is 0 Å². The summed E-state index contributed by atoms with van der Waals surface area (Å²) in [5, 5.41) is 5.46. The number of hydrogen-bond donors (Lipinski definition) is 2. The van der Waals surface area contributed by atoms with Gasteiger partial charge in [-0.1, -0.05) is 12.8 Å². The lowest BCUT2D eigenvalue weighted by atomic mass is 9.97. The van der Waals surface area contributed by atoms with Gasteiger partial charge in [0.25, 0.3) is 0 Å². The Morgan fingerprint density at radius 2 is 1.85 bits per heavy atom. The minimum absolute atomic E-state index is 0.0422. The molecule has 0 spiro atoms.